The zero-order chi connectivity index (χ0) is 22.4. The molecule has 31 heavy (non-hydrogen) atoms. The van der Waals surface area contributed by atoms with Crippen LogP contribution in [-0.2, 0) is 25.8 Å². The predicted molar refractivity (Wildman–Crippen MR) is 104 cm³/mol. The monoisotopic (exact) mass is 426 g/mol. The Morgan fingerprint density at radius 1 is 0.935 bits per heavy atom. The fourth-order valence-electron chi connectivity index (χ4n) is 2.84. The van der Waals surface area contributed by atoms with Gasteiger partial charge in [0.15, 0.2) is 5.78 Å². The highest BCUT2D eigenvalue weighted by Gasteiger charge is 2.37. The minimum atomic E-state index is -1.48. The van der Waals surface area contributed by atoms with Gasteiger partial charge in [-0.2, -0.15) is 0 Å². The lowest BCUT2D eigenvalue weighted by atomic mass is 10.1. The van der Waals surface area contributed by atoms with Crippen molar-refractivity contribution in [1.82, 2.24) is 10.4 Å². The molecule has 0 bridgehead atoms. The van der Waals surface area contributed by atoms with Crippen LogP contribution in [0.3, 0.4) is 0 Å². The van der Waals surface area contributed by atoms with Gasteiger partial charge < -0.3 is 15.2 Å². The molecule has 160 valence electrons. The van der Waals surface area contributed by atoms with Crippen LogP contribution in [0.25, 0.3) is 0 Å². The molecular weight excluding hydrogens is 408 g/mol. The summed E-state index contributed by atoms with van der Waals surface area (Å²) < 4.78 is 4.99. The van der Waals surface area contributed by atoms with Crippen molar-refractivity contribution in [3.05, 3.63) is 71.3 Å². The van der Waals surface area contributed by atoms with Gasteiger partial charge in [-0.05, 0) is 17.7 Å². The van der Waals surface area contributed by atoms with Gasteiger partial charge >= 0.3 is 12.1 Å². The fourth-order valence-corrected chi connectivity index (χ4v) is 2.84. The summed E-state index contributed by atoms with van der Waals surface area (Å²) >= 11 is 0. The Kier molecular flexibility index (Phi) is 6.73. The normalized spacial score (nSPS) is 13.5. The number of benzene rings is 2. The maximum Gasteiger partial charge on any atom is 0.408 e. The van der Waals surface area contributed by atoms with E-state index in [1.54, 1.807) is 42.5 Å². The number of alkyl carbamates (subject to hydrolysis) is 1. The van der Waals surface area contributed by atoms with E-state index in [0.717, 1.165) is 0 Å². The molecule has 0 aromatic heterocycles. The Labute approximate surface area is 176 Å². The largest absolute Gasteiger partial charge is 0.481 e. The Morgan fingerprint density at radius 2 is 1.52 bits per heavy atom. The number of hydrogen-bond donors (Lipinski definition) is 2. The third-order valence-electron chi connectivity index (χ3n) is 4.36. The summed E-state index contributed by atoms with van der Waals surface area (Å²) in [7, 11) is 0. The van der Waals surface area contributed by atoms with Crippen LogP contribution >= 0.6 is 0 Å². The fraction of sp³-hybridized carbons (Fsp3) is 0.190. The van der Waals surface area contributed by atoms with E-state index in [1.807, 2.05) is 0 Å². The van der Waals surface area contributed by atoms with Crippen molar-refractivity contribution < 1.29 is 38.7 Å². The van der Waals surface area contributed by atoms with Crippen molar-refractivity contribution in [3.63, 3.8) is 0 Å². The molecule has 1 aliphatic rings. The molecule has 1 heterocycles. The van der Waals surface area contributed by atoms with Crippen LogP contribution in [-0.4, -0.2) is 52.5 Å². The predicted octanol–water partition coefficient (Wildman–Crippen LogP) is 1.55. The quantitative estimate of drug-likeness (QED) is 0.576. The third kappa shape index (κ3) is 5.31. The van der Waals surface area contributed by atoms with Crippen molar-refractivity contribution in [1.29, 1.82) is 0 Å². The van der Waals surface area contributed by atoms with Gasteiger partial charge in [-0.3, -0.25) is 24.0 Å². The number of Topliss-reactive ketones (excluding diaryl/α,β-unsaturated/α-hetero) is 1. The van der Waals surface area contributed by atoms with Crippen LogP contribution in [0.2, 0.25) is 0 Å². The van der Waals surface area contributed by atoms with Crippen molar-refractivity contribution in [2.45, 2.75) is 19.1 Å². The molecule has 2 aromatic rings. The number of carboxylic acid groups (broad SMARTS) is 1. The number of hydroxylamine groups is 2. The second-order valence-electron chi connectivity index (χ2n) is 6.55. The van der Waals surface area contributed by atoms with Gasteiger partial charge in [0, 0.05) is 0 Å². The van der Waals surface area contributed by atoms with Crippen molar-refractivity contribution in [2.75, 3.05) is 6.61 Å². The van der Waals surface area contributed by atoms with Gasteiger partial charge in [-0.1, -0.05) is 42.5 Å². The number of carbonyl (C=O) groups is 5. The average Bonchev–Trinajstić information content (AvgIpc) is 3.00. The molecule has 0 radical (unpaired) electrons. The highest BCUT2D eigenvalue weighted by Crippen LogP contribution is 2.22. The number of carboxylic acids is 1. The number of amides is 3. The average molecular weight is 426 g/mol. The van der Waals surface area contributed by atoms with Crippen molar-refractivity contribution in [3.8, 4) is 0 Å². The first kappa shape index (κ1) is 21.7. The number of hydrogen-bond acceptors (Lipinski definition) is 7. The molecule has 0 aliphatic carbocycles. The van der Waals surface area contributed by atoms with Crippen LogP contribution < -0.4 is 5.32 Å². The second kappa shape index (κ2) is 9.63. The van der Waals surface area contributed by atoms with Crippen LogP contribution in [0, 0.1) is 0 Å². The van der Waals surface area contributed by atoms with Gasteiger partial charge in [0.05, 0.1) is 17.5 Å². The molecule has 1 atom stereocenters. The maximum absolute atomic E-state index is 12.4. The summed E-state index contributed by atoms with van der Waals surface area (Å²) in [4.78, 5) is 65.0. The first-order valence-corrected chi connectivity index (χ1v) is 9.19. The van der Waals surface area contributed by atoms with E-state index in [-0.39, 0.29) is 17.7 Å². The van der Waals surface area contributed by atoms with Gasteiger partial charge in [-0.25, -0.2) is 4.79 Å². The lowest BCUT2D eigenvalue weighted by molar-refractivity contribution is -0.145. The molecule has 1 aliphatic heterocycles. The summed E-state index contributed by atoms with van der Waals surface area (Å²) in [5, 5.41) is 11.6. The number of fused-ring (bicyclic) bond motifs is 1. The summed E-state index contributed by atoms with van der Waals surface area (Å²) in [5.41, 5.74) is 0.960. The molecule has 10 nitrogen and oxygen atoms in total. The number of carbonyl (C=O) groups excluding carboxylic acids is 4. The summed E-state index contributed by atoms with van der Waals surface area (Å²) in [6.45, 7) is -0.880. The second-order valence-corrected chi connectivity index (χ2v) is 6.55. The van der Waals surface area contributed by atoms with Crippen LogP contribution in [0.4, 0.5) is 4.79 Å². The first-order valence-electron chi connectivity index (χ1n) is 9.19. The number of ketones is 1. The standard InChI is InChI=1S/C21H18N2O8/c24-17(12-31-23-19(27)14-8-4-5-9-15(14)20(23)28)16(10-18(25)26)22-21(29)30-11-13-6-2-1-3-7-13/h1-9,16H,10-12H2,(H,22,29)(H,25,26). The van der Waals surface area contributed by atoms with E-state index < -0.39 is 48.7 Å². The Bertz CT molecular complexity index is 986. The summed E-state index contributed by atoms with van der Waals surface area (Å²) in [6, 6.07) is 13.3. The molecule has 2 N–H and O–H groups in total. The summed E-state index contributed by atoms with van der Waals surface area (Å²) in [5.74, 6) is -3.67. The molecule has 3 amide bonds. The van der Waals surface area contributed by atoms with E-state index in [1.165, 1.54) is 12.1 Å². The lowest BCUT2D eigenvalue weighted by Crippen LogP contribution is -2.45. The molecule has 3 rings (SSSR count). The Morgan fingerprint density at radius 3 is 2.10 bits per heavy atom. The molecular formula is C21H18N2O8. The minimum absolute atomic E-state index is 0.0772. The summed E-state index contributed by atoms with van der Waals surface area (Å²) in [6.07, 6.45) is -1.73. The molecule has 2 aromatic carbocycles. The number of rotatable bonds is 9. The van der Waals surface area contributed by atoms with Crippen LogP contribution in [0.1, 0.15) is 32.7 Å². The van der Waals surface area contributed by atoms with E-state index in [4.69, 9.17) is 14.7 Å². The molecule has 1 unspecified atom stereocenters. The first-order chi connectivity index (χ1) is 14.9. The van der Waals surface area contributed by atoms with Crippen LogP contribution in [0.5, 0.6) is 0 Å². The number of aliphatic carboxylic acids is 1. The molecule has 10 heteroatoms. The highest BCUT2D eigenvalue weighted by atomic mass is 16.7. The van der Waals surface area contributed by atoms with E-state index in [0.29, 0.717) is 10.6 Å². The van der Waals surface area contributed by atoms with Gasteiger partial charge in [-0.15, -0.1) is 5.06 Å². The molecule has 0 saturated heterocycles. The minimum Gasteiger partial charge on any atom is -0.481 e. The topological polar surface area (TPSA) is 139 Å². The molecule has 0 spiro atoms. The van der Waals surface area contributed by atoms with Crippen molar-refractivity contribution >= 4 is 29.7 Å². The molecule has 0 fully saturated rings. The Hall–Kier alpha value is -4.05. The van der Waals surface area contributed by atoms with E-state index in [9.17, 15) is 24.0 Å². The van der Waals surface area contributed by atoms with Crippen LogP contribution in [0.15, 0.2) is 54.6 Å². The Balaban J connectivity index is 1.57. The van der Waals surface area contributed by atoms with Gasteiger partial charge in [0.25, 0.3) is 11.8 Å². The number of nitrogens with zero attached hydrogens (tertiary/aromatic N) is 1. The lowest BCUT2D eigenvalue weighted by Gasteiger charge is -2.18. The SMILES string of the molecule is O=C(O)CC(NC(=O)OCc1ccccc1)C(=O)CON1C(=O)c2ccccc2C1=O. The highest BCUT2D eigenvalue weighted by molar-refractivity contribution is 6.20. The van der Waals surface area contributed by atoms with E-state index >= 15 is 0 Å². The smallest absolute Gasteiger partial charge is 0.408 e. The third-order valence-corrected chi connectivity index (χ3v) is 4.36. The van der Waals surface area contributed by atoms with Gasteiger partial charge in [0.1, 0.15) is 19.3 Å². The zero-order valence-corrected chi connectivity index (χ0v) is 16.1. The van der Waals surface area contributed by atoms with E-state index in [2.05, 4.69) is 5.32 Å². The number of ether oxygens (including phenoxy) is 1. The van der Waals surface area contributed by atoms with Crippen molar-refractivity contribution in [2.24, 2.45) is 0 Å². The zero-order valence-electron chi connectivity index (χ0n) is 16.1. The van der Waals surface area contributed by atoms with Gasteiger partial charge in [0.2, 0.25) is 0 Å². The number of imide groups is 1. The maximum atomic E-state index is 12.4. The molecule has 0 saturated carbocycles. The number of nitrogens with one attached hydrogen (secondary N) is 1.